The van der Waals surface area contributed by atoms with E-state index in [1.54, 1.807) is 0 Å². The Hall–Kier alpha value is -0.610. The third kappa shape index (κ3) is 7.67. The van der Waals surface area contributed by atoms with E-state index in [-0.39, 0.29) is 5.91 Å². The van der Waals surface area contributed by atoms with E-state index >= 15 is 0 Å². The van der Waals surface area contributed by atoms with Crippen LogP contribution in [0.5, 0.6) is 0 Å². The van der Waals surface area contributed by atoms with Gasteiger partial charge in [0.05, 0.1) is 6.10 Å². The van der Waals surface area contributed by atoms with Gasteiger partial charge in [-0.25, -0.2) is 0 Å². The fraction of sp³-hybridized carbons (Fsp3) is 0.929. The van der Waals surface area contributed by atoms with Crippen molar-refractivity contribution >= 4 is 5.91 Å². The summed E-state index contributed by atoms with van der Waals surface area (Å²) in [6, 6.07) is 0.518. The zero-order chi connectivity index (χ0) is 13.2. The van der Waals surface area contributed by atoms with Gasteiger partial charge in [-0.3, -0.25) is 4.79 Å². The van der Waals surface area contributed by atoms with E-state index in [1.807, 2.05) is 0 Å². The highest BCUT2D eigenvalue weighted by Crippen LogP contribution is 2.16. The maximum Gasteiger partial charge on any atom is 0.220 e. The monoisotopic (exact) mass is 256 g/mol. The molecule has 1 saturated heterocycles. The van der Waals surface area contributed by atoms with Crippen molar-refractivity contribution in [2.75, 3.05) is 19.7 Å². The normalized spacial score (nSPS) is 20.1. The van der Waals surface area contributed by atoms with Gasteiger partial charge in [0, 0.05) is 25.6 Å². The third-order valence-electron chi connectivity index (χ3n) is 3.20. The van der Waals surface area contributed by atoms with Crippen LogP contribution >= 0.6 is 0 Å². The van der Waals surface area contributed by atoms with Gasteiger partial charge in [-0.1, -0.05) is 13.8 Å². The summed E-state index contributed by atoms with van der Waals surface area (Å²) in [5, 5.41) is 6.29. The Morgan fingerprint density at radius 3 is 2.83 bits per heavy atom. The molecule has 0 aromatic carbocycles. The summed E-state index contributed by atoms with van der Waals surface area (Å²) in [4.78, 5) is 11.6. The summed E-state index contributed by atoms with van der Waals surface area (Å²) in [5.74, 6) is 0.161. The maximum atomic E-state index is 11.6. The van der Waals surface area contributed by atoms with Crippen LogP contribution in [-0.4, -0.2) is 37.7 Å². The van der Waals surface area contributed by atoms with Gasteiger partial charge >= 0.3 is 0 Å². The second-order valence-corrected chi connectivity index (χ2v) is 5.34. The van der Waals surface area contributed by atoms with E-state index in [0.717, 1.165) is 39.0 Å². The minimum Gasteiger partial charge on any atom is -0.378 e. The average molecular weight is 256 g/mol. The Labute approximate surface area is 111 Å². The zero-order valence-corrected chi connectivity index (χ0v) is 11.8. The number of nitrogens with one attached hydrogen (secondary N) is 2. The van der Waals surface area contributed by atoms with Crippen LogP contribution in [0.25, 0.3) is 0 Å². The Bertz CT molecular complexity index is 226. The number of hydrogen-bond donors (Lipinski definition) is 2. The molecule has 106 valence electrons. The topological polar surface area (TPSA) is 50.4 Å². The molecule has 2 N–H and O–H groups in total. The van der Waals surface area contributed by atoms with Gasteiger partial charge in [0.2, 0.25) is 5.91 Å². The lowest BCUT2D eigenvalue weighted by Crippen LogP contribution is -2.30. The highest BCUT2D eigenvalue weighted by atomic mass is 16.5. The predicted molar refractivity (Wildman–Crippen MR) is 73.6 cm³/mol. The largest absolute Gasteiger partial charge is 0.378 e. The smallest absolute Gasteiger partial charge is 0.220 e. The van der Waals surface area contributed by atoms with Crippen molar-refractivity contribution in [3.63, 3.8) is 0 Å². The van der Waals surface area contributed by atoms with E-state index < -0.39 is 0 Å². The van der Waals surface area contributed by atoms with Crippen molar-refractivity contribution in [3.8, 4) is 0 Å². The van der Waals surface area contributed by atoms with Crippen LogP contribution in [0.3, 0.4) is 0 Å². The first-order valence-electron chi connectivity index (χ1n) is 7.30. The highest BCUT2D eigenvalue weighted by Gasteiger charge is 2.14. The van der Waals surface area contributed by atoms with Gasteiger partial charge in [0.1, 0.15) is 0 Å². The van der Waals surface area contributed by atoms with Gasteiger partial charge in [-0.15, -0.1) is 0 Å². The van der Waals surface area contributed by atoms with E-state index in [2.05, 4.69) is 24.5 Å². The molecule has 4 nitrogen and oxygen atoms in total. The average Bonchev–Trinajstić information content (AvgIpc) is 2.37. The van der Waals surface area contributed by atoms with Crippen LogP contribution in [-0.2, 0) is 9.53 Å². The molecule has 0 saturated carbocycles. The van der Waals surface area contributed by atoms with Crippen molar-refractivity contribution in [1.82, 2.24) is 10.6 Å². The molecule has 0 spiro atoms. The van der Waals surface area contributed by atoms with Crippen LogP contribution < -0.4 is 10.6 Å². The second-order valence-electron chi connectivity index (χ2n) is 5.34. The molecule has 4 heteroatoms. The fourth-order valence-electron chi connectivity index (χ4n) is 2.12. The first kappa shape index (κ1) is 15.4. The summed E-state index contributed by atoms with van der Waals surface area (Å²) >= 11 is 0. The summed E-state index contributed by atoms with van der Waals surface area (Å²) in [6.07, 6.45) is 6.30. The summed E-state index contributed by atoms with van der Waals surface area (Å²) in [5.41, 5.74) is 0. The Balaban J connectivity index is 1.93. The van der Waals surface area contributed by atoms with Gasteiger partial charge in [0.25, 0.3) is 0 Å². The molecule has 1 amide bonds. The van der Waals surface area contributed by atoms with Crippen molar-refractivity contribution < 1.29 is 9.53 Å². The van der Waals surface area contributed by atoms with Gasteiger partial charge in [0.15, 0.2) is 0 Å². The minimum atomic E-state index is 0.161. The van der Waals surface area contributed by atoms with Crippen LogP contribution in [0, 0.1) is 0 Å². The lowest BCUT2D eigenvalue weighted by atomic mass is 10.0. The van der Waals surface area contributed by atoms with Crippen molar-refractivity contribution in [2.24, 2.45) is 0 Å². The van der Waals surface area contributed by atoms with E-state index in [1.165, 1.54) is 12.8 Å². The zero-order valence-electron chi connectivity index (χ0n) is 11.8. The van der Waals surface area contributed by atoms with Gasteiger partial charge in [-0.2, -0.15) is 0 Å². The Kier molecular flexibility index (Phi) is 8.01. The van der Waals surface area contributed by atoms with Crippen LogP contribution in [0.2, 0.25) is 0 Å². The lowest BCUT2D eigenvalue weighted by Gasteiger charge is -2.22. The molecular weight excluding hydrogens is 228 g/mol. The molecule has 0 aromatic rings. The number of amides is 1. The summed E-state index contributed by atoms with van der Waals surface area (Å²) in [7, 11) is 0. The Morgan fingerprint density at radius 2 is 2.17 bits per heavy atom. The number of ether oxygens (including phenoxy) is 1. The first-order chi connectivity index (χ1) is 8.68. The molecule has 1 aliphatic heterocycles. The molecule has 1 heterocycles. The summed E-state index contributed by atoms with van der Waals surface area (Å²) in [6.45, 7) is 6.85. The van der Waals surface area contributed by atoms with E-state index in [4.69, 9.17) is 4.74 Å². The molecule has 0 unspecified atom stereocenters. The molecule has 1 fully saturated rings. The van der Waals surface area contributed by atoms with Crippen molar-refractivity contribution in [3.05, 3.63) is 0 Å². The quantitative estimate of drug-likeness (QED) is 0.652. The van der Waals surface area contributed by atoms with Crippen LogP contribution in [0.4, 0.5) is 0 Å². The van der Waals surface area contributed by atoms with Crippen LogP contribution in [0.1, 0.15) is 52.4 Å². The van der Waals surface area contributed by atoms with E-state index in [9.17, 15) is 4.79 Å². The molecule has 0 aliphatic carbocycles. The third-order valence-corrected chi connectivity index (χ3v) is 3.20. The van der Waals surface area contributed by atoms with Gasteiger partial charge < -0.3 is 15.4 Å². The van der Waals surface area contributed by atoms with E-state index in [0.29, 0.717) is 18.6 Å². The van der Waals surface area contributed by atoms with Crippen LogP contribution in [0.15, 0.2) is 0 Å². The second kappa shape index (κ2) is 9.34. The van der Waals surface area contributed by atoms with Crippen molar-refractivity contribution in [2.45, 2.75) is 64.5 Å². The van der Waals surface area contributed by atoms with Crippen molar-refractivity contribution in [1.29, 1.82) is 0 Å². The molecule has 18 heavy (non-hydrogen) atoms. The molecule has 1 aliphatic rings. The standard InChI is InChI=1S/C14H28N2O2/c1-12(2)15-9-5-10-16-14(17)8-7-13-6-3-4-11-18-13/h12-13,15H,3-11H2,1-2H3,(H,16,17)/t13-/m0/s1. The fourth-order valence-corrected chi connectivity index (χ4v) is 2.12. The molecule has 0 radical (unpaired) electrons. The highest BCUT2D eigenvalue weighted by molar-refractivity contribution is 5.75. The molecule has 1 atom stereocenters. The number of carbonyl (C=O) groups excluding carboxylic acids is 1. The Morgan fingerprint density at radius 1 is 1.33 bits per heavy atom. The van der Waals surface area contributed by atoms with Gasteiger partial charge in [-0.05, 0) is 38.6 Å². The first-order valence-corrected chi connectivity index (χ1v) is 7.30. The minimum absolute atomic E-state index is 0.161. The maximum absolute atomic E-state index is 11.6. The molecule has 0 aromatic heterocycles. The lowest BCUT2D eigenvalue weighted by molar-refractivity contribution is -0.122. The number of hydrogen-bond acceptors (Lipinski definition) is 3. The number of carbonyl (C=O) groups is 1. The summed E-state index contributed by atoms with van der Waals surface area (Å²) < 4.78 is 5.61. The molecule has 0 bridgehead atoms. The molecular formula is C14H28N2O2. The SMILES string of the molecule is CC(C)NCCCNC(=O)CC[C@@H]1CCCCO1. The molecule has 1 rings (SSSR count). The predicted octanol–water partition coefficient (Wildman–Crippen LogP) is 1.84. The number of rotatable bonds is 8.